The number of rotatable bonds is 3. The highest BCUT2D eigenvalue weighted by atomic mass is 19.4. The van der Waals surface area contributed by atoms with Gasteiger partial charge in [-0.05, 0) is 17.7 Å². The molecule has 0 amide bonds. The Bertz CT molecular complexity index is 347. The van der Waals surface area contributed by atoms with E-state index < -0.39 is 17.9 Å². The first-order valence-electron chi connectivity index (χ1n) is 3.82. The van der Waals surface area contributed by atoms with Crippen LogP contribution in [-0.2, 0) is 11.3 Å². The van der Waals surface area contributed by atoms with Crippen LogP contribution < -0.4 is 0 Å². The highest BCUT2D eigenvalue weighted by Crippen LogP contribution is 2.19. The van der Waals surface area contributed by atoms with Gasteiger partial charge in [0, 0.05) is 12.1 Å². The second-order valence-electron chi connectivity index (χ2n) is 2.66. The van der Waals surface area contributed by atoms with E-state index in [-0.39, 0.29) is 11.3 Å². The predicted molar refractivity (Wildman–Crippen MR) is 43.9 cm³/mol. The number of hydrogen-bond donors (Lipinski definition) is 0. The van der Waals surface area contributed by atoms with Crippen LogP contribution in [0.25, 0.3) is 0 Å². The van der Waals surface area contributed by atoms with Gasteiger partial charge in [0.25, 0.3) is 5.69 Å². The molecule has 0 N–H and O–H groups in total. The van der Waals surface area contributed by atoms with E-state index >= 15 is 0 Å². The smallest absolute Gasteiger partial charge is 0.287 e. The van der Waals surface area contributed by atoms with Crippen molar-refractivity contribution in [2.45, 2.75) is 13.0 Å². The number of alkyl halides is 3. The topological polar surface area (TPSA) is 52.4 Å². The van der Waals surface area contributed by atoms with E-state index in [1.807, 2.05) is 0 Å². The van der Waals surface area contributed by atoms with Gasteiger partial charge in [0.2, 0.25) is 0 Å². The Hall–Kier alpha value is -1.63. The Morgan fingerprint density at radius 3 is 2.20 bits per heavy atom. The third-order valence-corrected chi connectivity index (χ3v) is 1.55. The molecule has 0 aliphatic heterocycles. The first-order valence-corrected chi connectivity index (χ1v) is 3.82. The first kappa shape index (κ1) is 11.4. The summed E-state index contributed by atoms with van der Waals surface area (Å²) in [6.07, 6.45) is -4.69. The number of ether oxygens (including phenoxy) is 1. The average Bonchev–Trinajstić information content (AvgIpc) is 2.14. The van der Waals surface area contributed by atoms with Crippen molar-refractivity contribution in [1.29, 1.82) is 0 Å². The van der Waals surface area contributed by atoms with Gasteiger partial charge in [-0.15, -0.1) is 13.2 Å². The van der Waals surface area contributed by atoms with Gasteiger partial charge >= 0.3 is 6.36 Å². The Morgan fingerprint density at radius 2 is 1.80 bits per heavy atom. The molecule has 0 aromatic heterocycles. The minimum Gasteiger partial charge on any atom is -0.287 e. The highest BCUT2D eigenvalue weighted by Gasteiger charge is 2.28. The fourth-order valence-electron chi connectivity index (χ4n) is 0.879. The SMILES string of the molecule is O=[N+]([O-])c1ccc(COC(F)(F)F)cc1. The van der Waals surface area contributed by atoms with Gasteiger partial charge in [-0.3, -0.25) is 14.9 Å². The molecule has 0 unspecified atom stereocenters. The zero-order valence-electron chi connectivity index (χ0n) is 7.32. The quantitative estimate of drug-likeness (QED) is 0.582. The lowest BCUT2D eigenvalue weighted by atomic mass is 10.2. The molecule has 0 aliphatic carbocycles. The fraction of sp³-hybridized carbons (Fsp3) is 0.250. The molecular formula is C8H6F3NO3. The van der Waals surface area contributed by atoms with Gasteiger partial charge in [0.15, 0.2) is 0 Å². The van der Waals surface area contributed by atoms with Gasteiger partial charge < -0.3 is 0 Å². The van der Waals surface area contributed by atoms with Crippen LogP contribution >= 0.6 is 0 Å². The number of nitrogens with zero attached hydrogens (tertiary/aromatic N) is 1. The zero-order valence-corrected chi connectivity index (χ0v) is 7.32. The van der Waals surface area contributed by atoms with Gasteiger partial charge in [0.05, 0.1) is 11.5 Å². The maximum atomic E-state index is 11.6. The van der Waals surface area contributed by atoms with Crippen LogP contribution in [0.4, 0.5) is 18.9 Å². The van der Waals surface area contributed by atoms with Crippen molar-refractivity contribution in [2.24, 2.45) is 0 Å². The molecule has 1 rings (SSSR count). The van der Waals surface area contributed by atoms with Crippen LogP contribution in [-0.4, -0.2) is 11.3 Å². The van der Waals surface area contributed by atoms with Crippen molar-refractivity contribution in [3.05, 3.63) is 39.9 Å². The lowest BCUT2D eigenvalue weighted by Gasteiger charge is -2.06. The molecule has 0 saturated carbocycles. The summed E-state index contributed by atoms with van der Waals surface area (Å²) in [5.74, 6) is 0. The minimum atomic E-state index is -4.69. The van der Waals surface area contributed by atoms with Crippen molar-refractivity contribution in [3.8, 4) is 0 Å². The molecule has 1 aromatic rings. The monoisotopic (exact) mass is 221 g/mol. The molecule has 82 valence electrons. The molecular weight excluding hydrogens is 215 g/mol. The first-order chi connectivity index (χ1) is 6.88. The molecule has 0 radical (unpaired) electrons. The fourth-order valence-corrected chi connectivity index (χ4v) is 0.879. The normalized spacial score (nSPS) is 11.4. The average molecular weight is 221 g/mol. The maximum absolute atomic E-state index is 11.6. The van der Waals surface area contributed by atoms with Crippen LogP contribution in [0.5, 0.6) is 0 Å². The molecule has 1 aromatic carbocycles. The summed E-state index contributed by atoms with van der Waals surface area (Å²) in [4.78, 5) is 9.59. The third kappa shape index (κ3) is 3.94. The standard InChI is InChI=1S/C8H6F3NO3/c9-8(10,11)15-5-6-1-3-7(4-2-6)12(13)14/h1-4H,5H2. The molecule has 0 atom stereocenters. The summed E-state index contributed by atoms with van der Waals surface area (Å²) in [7, 11) is 0. The summed E-state index contributed by atoms with van der Waals surface area (Å²) >= 11 is 0. The summed E-state index contributed by atoms with van der Waals surface area (Å²) in [5, 5.41) is 10.2. The lowest BCUT2D eigenvalue weighted by Crippen LogP contribution is -2.12. The third-order valence-electron chi connectivity index (χ3n) is 1.55. The Morgan fingerprint density at radius 1 is 1.27 bits per heavy atom. The number of benzene rings is 1. The van der Waals surface area contributed by atoms with E-state index in [1.54, 1.807) is 0 Å². The van der Waals surface area contributed by atoms with Crippen molar-refractivity contribution < 1.29 is 22.8 Å². The van der Waals surface area contributed by atoms with Gasteiger partial charge in [-0.25, -0.2) is 0 Å². The van der Waals surface area contributed by atoms with Gasteiger partial charge in [-0.2, -0.15) is 0 Å². The van der Waals surface area contributed by atoms with Crippen LogP contribution in [0.15, 0.2) is 24.3 Å². The van der Waals surface area contributed by atoms with E-state index in [0.29, 0.717) is 0 Å². The molecule has 0 aliphatic rings. The van der Waals surface area contributed by atoms with Crippen LogP contribution in [0.1, 0.15) is 5.56 Å². The Labute approximate surface area is 82.4 Å². The molecule has 0 bridgehead atoms. The Kier molecular flexibility index (Phi) is 3.25. The molecule has 15 heavy (non-hydrogen) atoms. The van der Waals surface area contributed by atoms with Crippen molar-refractivity contribution in [3.63, 3.8) is 0 Å². The molecule has 0 fully saturated rings. The number of halogens is 3. The highest BCUT2D eigenvalue weighted by molar-refractivity contribution is 5.32. The molecule has 0 saturated heterocycles. The van der Waals surface area contributed by atoms with E-state index in [2.05, 4.69) is 4.74 Å². The molecule has 4 nitrogen and oxygen atoms in total. The summed E-state index contributed by atoms with van der Waals surface area (Å²) in [5.41, 5.74) is 0.0451. The van der Waals surface area contributed by atoms with Crippen LogP contribution in [0, 0.1) is 10.1 Å². The van der Waals surface area contributed by atoms with Crippen LogP contribution in [0.3, 0.4) is 0 Å². The summed E-state index contributed by atoms with van der Waals surface area (Å²) in [6.45, 7) is -0.651. The van der Waals surface area contributed by atoms with E-state index in [0.717, 1.165) is 12.1 Å². The largest absolute Gasteiger partial charge is 0.522 e. The van der Waals surface area contributed by atoms with Crippen molar-refractivity contribution >= 4 is 5.69 Å². The zero-order chi connectivity index (χ0) is 11.5. The Balaban J connectivity index is 2.61. The maximum Gasteiger partial charge on any atom is 0.522 e. The lowest BCUT2D eigenvalue weighted by molar-refractivity contribution is -0.384. The van der Waals surface area contributed by atoms with E-state index in [9.17, 15) is 23.3 Å². The summed E-state index contributed by atoms with van der Waals surface area (Å²) in [6, 6.07) is 4.66. The number of nitro groups is 1. The van der Waals surface area contributed by atoms with Gasteiger partial charge in [-0.1, -0.05) is 0 Å². The second-order valence-corrected chi connectivity index (χ2v) is 2.66. The molecule has 7 heteroatoms. The molecule has 0 heterocycles. The van der Waals surface area contributed by atoms with Gasteiger partial charge in [0.1, 0.15) is 0 Å². The second kappa shape index (κ2) is 4.26. The molecule has 0 spiro atoms. The minimum absolute atomic E-state index is 0.175. The van der Waals surface area contributed by atoms with E-state index in [1.165, 1.54) is 12.1 Å². The number of non-ortho nitro benzene ring substituents is 1. The van der Waals surface area contributed by atoms with Crippen LogP contribution in [0.2, 0.25) is 0 Å². The number of hydrogen-bond acceptors (Lipinski definition) is 3. The van der Waals surface area contributed by atoms with E-state index in [4.69, 9.17) is 0 Å². The summed E-state index contributed by atoms with van der Waals surface area (Å²) < 4.78 is 38.4. The number of nitro benzene ring substituents is 1. The van der Waals surface area contributed by atoms with Crippen molar-refractivity contribution in [1.82, 2.24) is 0 Å². The predicted octanol–water partition coefficient (Wildman–Crippen LogP) is 2.63. The van der Waals surface area contributed by atoms with Crippen molar-refractivity contribution in [2.75, 3.05) is 0 Å².